The van der Waals surface area contributed by atoms with Crippen molar-refractivity contribution < 1.29 is 28.8 Å². The molecule has 0 bridgehead atoms. The molecule has 0 spiro atoms. The predicted octanol–water partition coefficient (Wildman–Crippen LogP) is -1.75. The van der Waals surface area contributed by atoms with Gasteiger partial charge in [-0.05, 0) is 57.4 Å². The molecular weight excluding hydrogens is 570 g/mol. The molecule has 0 radical (unpaired) electrons. The minimum atomic E-state index is -1.24. The zero-order chi connectivity index (χ0) is 32.2. The van der Waals surface area contributed by atoms with E-state index >= 15 is 0 Å². The highest BCUT2D eigenvalue weighted by Gasteiger charge is 2.31. The van der Waals surface area contributed by atoms with Crippen LogP contribution in [0.4, 0.5) is 0 Å². The third-order valence-corrected chi connectivity index (χ3v) is 6.34. The first-order valence-corrected chi connectivity index (χ1v) is 14.6. The topological polar surface area (TPSA) is 267 Å². The van der Waals surface area contributed by atoms with E-state index in [4.69, 9.17) is 34.5 Å². The molecule has 0 aliphatic heterocycles. The van der Waals surface area contributed by atoms with E-state index in [1.165, 1.54) is 6.92 Å². The van der Waals surface area contributed by atoms with Crippen molar-refractivity contribution in [3.8, 4) is 0 Å². The number of nitrogens with one attached hydrogen (secondary N) is 4. The van der Waals surface area contributed by atoms with Crippen LogP contribution >= 0.6 is 11.6 Å². The fraction of sp³-hybridized carbons (Fsp3) is 0.731. The monoisotopic (exact) mass is 617 g/mol. The highest BCUT2D eigenvalue weighted by Crippen LogP contribution is 2.10. The summed E-state index contributed by atoms with van der Waals surface area (Å²) in [7, 11) is 0. The number of guanidine groups is 1. The molecule has 15 nitrogen and oxygen atoms in total. The second-order valence-electron chi connectivity index (χ2n) is 10.4. The number of rotatable bonds is 22. The van der Waals surface area contributed by atoms with Crippen molar-refractivity contribution in [3.05, 3.63) is 0 Å². The highest BCUT2D eigenvalue weighted by molar-refractivity contribution is 6.28. The van der Waals surface area contributed by atoms with Gasteiger partial charge in [0.25, 0.3) is 0 Å². The number of carbonyl (C=O) groups excluding carboxylic acids is 6. The van der Waals surface area contributed by atoms with Crippen LogP contribution in [0.15, 0.2) is 4.99 Å². The highest BCUT2D eigenvalue weighted by atomic mass is 35.5. The summed E-state index contributed by atoms with van der Waals surface area (Å²) in [5.41, 5.74) is 21.4. The van der Waals surface area contributed by atoms with E-state index in [1.54, 1.807) is 0 Å². The molecule has 0 aromatic rings. The van der Waals surface area contributed by atoms with Gasteiger partial charge in [-0.25, -0.2) is 0 Å². The van der Waals surface area contributed by atoms with Gasteiger partial charge >= 0.3 is 0 Å². The SMILES string of the molecule is CC(=O)N[C@@H](CCCCN)C(=O)N[C@@H](CCC(N)=O)C(=O)N[C@@H](CC(C)C)C(=O)N[C@@H](CCCN=C(N)N)C(=O)CCl. The van der Waals surface area contributed by atoms with Gasteiger partial charge in [-0.2, -0.15) is 0 Å². The van der Waals surface area contributed by atoms with E-state index in [9.17, 15) is 28.8 Å². The molecule has 12 N–H and O–H groups in total. The number of primary amides is 1. The van der Waals surface area contributed by atoms with E-state index < -0.39 is 59.5 Å². The van der Waals surface area contributed by atoms with E-state index in [0.717, 1.165) is 0 Å². The van der Waals surface area contributed by atoms with Gasteiger partial charge in [0.1, 0.15) is 18.1 Å². The van der Waals surface area contributed by atoms with Crippen LogP contribution in [-0.4, -0.2) is 84.4 Å². The Bertz CT molecular complexity index is 943. The average molecular weight is 618 g/mol. The number of alkyl halides is 1. The minimum Gasteiger partial charge on any atom is -0.370 e. The van der Waals surface area contributed by atoms with Gasteiger partial charge in [-0.15, -0.1) is 11.6 Å². The molecule has 0 saturated carbocycles. The van der Waals surface area contributed by atoms with Gasteiger partial charge in [0.2, 0.25) is 29.5 Å². The van der Waals surface area contributed by atoms with Crippen LogP contribution in [0.25, 0.3) is 0 Å². The zero-order valence-electron chi connectivity index (χ0n) is 24.7. The summed E-state index contributed by atoms with van der Waals surface area (Å²) in [5, 5.41) is 10.4. The van der Waals surface area contributed by atoms with Gasteiger partial charge in [0.15, 0.2) is 11.7 Å². The standard InChI is InChI=1S/C26H48ClN9O6/c1-15(2)13-20(25(42)34-17(21(38)14-27)8-6-12-32-26(30)31)36-24(41)19(9-10-22(29)39)35-23(40)18(33-16(3)37)7-4-5-11-28/h15,17-20H,4-14,28H2,1-3H3,(H2,29,39)(H,33,37)(H,34,42)(H,35,40)(H,36,41)(H4,30,31,32)/t17-,18-,19-,20-/m0/s1. The molecule has 0 aromatic carbocycles. The largest absolute Gasteiger partial charge is 0.370 e. The third-order valence-electron chi connectivity index (χ3n) is 6.08. The molecule has 0 rings (SSSR count). The quantitative estimate of drug-likeness (QED) is 0.0295. The molecule has 0 aliphatic rings. The molecule has 42 heavy (non-hydrogen) atoms. The number of amides is 5. The second-order valence-corrected chi connectivity index (χ2v) is 10.7. The Hall–Kier alpha value is -3.46. The number of hydrogen-bond donors (Lipinski definition) is 8. The van der Waals surface area contributed by atoms with Crippen LogP contribution in [0.3, 0.4) is 0 Å². The fourth-order valence-electron chi connectivity index (χ4n) is 3.99. The van der Waals surface area contributed by atoms with Crippen molar-refractivity contribution >= 4 is 52.9 Å². The van der Waals surface area contributed by atoms with Crippen LogP contribution in [0, 0.1) is 5.92 Å². The molecule has 240 valence electrons. The van der Waals surface area contributed by atoms with Crippen LogP contribution in [0.2, 0.25) is 0 Å². The Morgan fingerprint density at radius 1 is 0.738 bits per heavy atom. The lowest BCUT2D eigenvalue weighted by Gasteiger charge is -2.27. The Labute approximate surface area is 252 Å². The summed E-state index contributed by atoms with van der Waals surface area (Å²) in [6.07, 6.45) is 1.90. The molecule has 5 amide bonds. The molecule has 0 unspecified atom stereocenters. The number of aliphatic imine (C=N–C) groups is 1. The number of hydrogen-bond acceptors (Lipinski definition) is 8. The molecule has 0 saturated heterocycles. The number of halogens is 1. The normalized spacial score (nSPS) is 13.7. The first kappa shape index (κ1) is 38.5. The molecule has 0 heterocycles. The van der Waals surface area contributed by atoms with Crippen molar-refractivity contribution in [1.29, 1.82) is 0 Å². The maximum atomic E-state index is 13.4. The number of Topliss-reactive ketones (excluding diaryl/α,β-unsaturated/α-hetero) is 1. The summed E-state index contributed by atoms with van der Waals surface area (Å²) in [4.78, 5) is 79.1. The summed E-state index contributed by atoms with van der Waals surface area (Å²) in [6.45, 7) is 5.59. The van der Waals surface area contributed by atoms with Crippen LogP contribution in [-0.2, 0) is 28.8 Å². The summed E-state index contributed by atoms with van der Waals surface area (Å²) in [5.74, 6) is -4.03. The van der Waals surface area contributed by atoms with Crippen molar-refractivity contribution in [2.75, 3.05) is 19.0 Å². The van der Waals surface area contributed by atoms with Gasteiger partial charge < -0.3 is 44.2 Å². The van der Waals surface area contributed by atoms with Crippen molar-refractivity contribution in [3.63, 3.8) is 0 Å². The molecule has 0 fully saturated rings. The molecular formula is C26H48ClN9O6. The summed E-state index contributed by atoms with van der Waals surface area (Å²) >= 11 is 5.74. The number of unbranched alkanes of at least 4 members (excludes halogenated alkanes) is 1. The maximum Gasteiger partial charge on any atom is 0.243 e. The second kappa shape index (κ2) is 21.3. The summed E-state index contributed by atoms with van der Waals surface area (Å²) < 4.78 is 0. The Morgan fingerprint density at radius 3 is 1.76 bits per heavy atom. The van der Waals surface area contributed by atoms with Gasteiger partial charge in [-0.3, -0.25) is 33.8 Å². The number of nitrogens with zero attached hydrogens (tertiary/aromatic N) is 1. The van der Waals surface area contributed by atoms with Gasteiger partial charge in [0, 0.05) is 19.9 Å². The lowest BCUT2D eigenvalue weighted by Crippen LogP contribution is -2.58. The molecule has 0 aromatic heterocycles. The van der Waals surface area contributed by atoms with E-state index in [1.807, 2.05) is 13.8 Å². The average Bonchev–Trinajstić information content (AvgIpc) is 2.90. The third kappa shape index (κ3) is 17.4. The lowest BCUT2D eigenvalue weighted by molar-refractivity contribution is -0.134. The molecule has 4 atom stereocenters. The fourth-order valence-corrected chi connectivity index (χ4v) is 4.18. The lowest BCUT2D eigenvalue weighted by atomic mass is 10.0. The zero-order valence-corrected chi connectivity index (χ0v) is 25.5. The van der Waals surface area contributed by atoms with E-state index in [2.05, 4.69) is 26.3 Å². The van der Waals surface area contributed by atoms with E-state index in [-0.39, 0.29) is 56.4 Å². The van der Waals surface area contributed by atoms with Crippen LogP contribution in [0.5, 0.6) is 0 Å². The van der Waals surface area contributed by atoms with Crippen LogP contribution in [0.1, 0.15) is 72.1 Å². The van der Waals surface area contributed by atoms with Crippen LogP contribution < -0.4 is 44.2 Å². The van der Waals surface area contributed by atoms with Crippen molar-refractivity contribution in [2.24, 2.45) is 33.8 Å². The summed E-state index contributed by atoms with van der Waals surface area (Å²) in [6, 6.07) is -4.19. The Morgan fingerprint density at radius 2 is 1.26 bits per heavy atom. The van der Waals surface area contributed by atoms with Crippen molar-refractivity contribution in [1.82, 2.24) is 21.3 Å². The van der Waals surface area contributed by atoms with E-state index in [0.29, 0.717) is 25.8 Å². The predicted molar refractivity (Wildman–Crippen MR) is 160 cm³/mol. The van der Waals surface area contributed by atoms with Gasteiger partial charge in [-0.1, -0.05) is 13.8 Å². The number of nitrogens with two attached hydrogens (primary N) is 4. The van der Waals surface area contributed by atoms with Crippen molar-refractivity contribution in [2.45, 2.75) is 96.3 Å². The molecule has 0 aliphatic carbocycles. The Kier molecular flexibility index (Phi) is 19.5. The smallest absolute Gasteiger partial charge is 0.243 e. The minimum absolute atomic E-state index is 0.0459. The maximum absolute atomic E-state index is 13.4. The first-order chi connectivity index (χ1) is 19.7. The number of ketones is 1. The Balaban J connectivity index is 5.81. The van der Waals surface area contributed by atoms with Gasteiger partial charge in [0.05, 0.1) is 11.9 Å². The number of carbonyl (C=O) groups is 6. The first-order valence-electron chi connectivity index (χ1n) is 14.0. The molecule has 16 heteroatoms.